The van der Waals surface area contributed by atoms with E-state index in [1.54, 1.807) is 5.06 Å². The van der Waals surface area contributed by atoms with Crippen molar-refractivity contribution in [3.63, 3.8) is 0 Å². The van der Waals surface area contributed by atoms with E-state index in [0.717, 1.165) is 53.8 Å². The molecule has 0 fully saturated rings. The van der Waals surface area contributed by atoms with Gasteiger partial charge in [-0.05, 0) is 78.1 Å². The molecule has 1 aliphatic heterocycles. The molecule has 3 aromatic carbocycles. The third-order valence-electron chi connectivity index (χ3n) is 7.61. The molecule has 3 aromatic rings. The van der Waals surface area contributed by atoms with Gasteiger partial charge in [-0.25, -0.2) is 14.9 Å². The van der Waals surface area contributed by atoms with E-state index in [1.807, 2.05) is 25.2 Å². The summed E-state index contributed by atoms with van der Waals surface area (Å²) in [6.45, 7) is 0. The Labute approximate surface area is 193 Å². The van der Waals surface area contributed by atoms with Crippen LogP contribution in [0.4, 0.5) is 0 Å². The van der Waals surface area contributed by atoms with E-state index in [2.05, 4.69) is 48.5 Å². The molecule has 6 rings (SSSR count). The van der Waals surface area contributed by atoms with Gasteiger partial charge in [-0.1, -0.05) is 60.1 Å². The van der Waals surface area contributed by atoms with Crippen molar-refractivity contribution in [2.45, 2.75) is 37.8 Å². The highest BCUT2D eigenvalue weighted by molar-refractivity contribution is 6.30. The van der Waals surface area contributed by atoms with E-state index in [-0.39, 0.29) is 5.41 Å². The molecule has 0 saturated heterocycles. The lowest BCUT2D eigenvalue weighted by Gasteiger charge is -2.40. The lowest BCUT2D eigenvalue weighted by molar-refractivity contribution is -0.224. The summed E-state index contributed by atoms with van der Waals surface area (Å²) in [7, 11) is 1.85. The van der Waals surface area contributed by atoms with Crippen LogP contribution in [0.15, 0.2) is 71.7 Å². The summed E-state index contributed by atoms with van der Waals surface area (Å²) in [5.41, 5.74) is 12.9. The minimum Gasteiger partial charge on any atom is -0.368 e. The van der Waals surface area contributed by atoms with Crippen LogP contribution < -0.4 is 5.73 Å². The Bertz CT molecular complexity index is 1230. The molecular formula is C27H26ClN3O. The van der Waals surface area contributed by atoms with E-state index in [4.69, 9.17) is 27.2 Å². The van der Waals surface area contributed by atoms with Crippen molar-refractivity contribution in [2.75, 3.05) is 7.05 Å². The first kappa shape index (κ1) is 19.8. The monoisotopic (exact) mass is 443 g/mol. The number of hydroxylamine groups is 2. The number of nitrogens with zero attached hydrogens (tertiary/aromatic N) is 2. The van der Waals surface area contributed by atoms with Crippen LogP contribution in [0, 0.1) is 5.41 Å². The highest BCUT2D eigenvalue weighted by Gasteiger charge is 2.62. The molecule has 0 bridgehead atoms. The SMILES string of the molecule is CN1OC2(N=C1N)c1cc(-c3cccc(Cl)c3)ccc1CC21CCc2ccccc2CC1. The van der Waals surface area contributed by atoms with Gasteiger partial charge in [0, 0.05) is 23.0 Å². The first-order valence-electron chi connectivity index (χ1n) is 11.2. The van der Waals surface area contributed by atoms with Gasteiger partial charge in [0.05, 0.1) is 0 Å². The summed E-state index contributed by atoms with van der Waals surface area (Å²) >= 11 is 6.28. The van der Waals surface area contributed by atoms with Crippen LogP contribution in [0.1, 0.15) is 35.1 Å². The zero-order valence-corrected chi connectivity index (χ0v) is 18.9. The second kappa shape index (κ2) is 7.09. The maximum absolute atomic E-state index is 6.59. The van der Waals surface area contributed by atoms with Gasteiger partial charge in [0.15, 0.2) is 0 Å². The van der Waals surface area contributed by atoms with Crippen LogP contribution in [0.3, 0.4) is 0 Å². The maximum atomic E-state index is 6.59. The number of benzene rings is 3. The minimum atomic E-state index is -0.794. The normalized spacial score (nSPS) is 23.2. The smallest absolute Gasteiger partial charge is 0.220 e. The lowest BCUT2D eigenvalue weighted by atomic mass is 9.71. The fourth-order valence-corrected chi connectivity index (χ4v) is 6.11. The summed E-state index contributed by atoms with van der Waals surface area (Å²) < 4.78 is 0. The third-order valence-corrected chi connectivity index (χ3v) is 7.84. The summed E-state index contributed by atoms with van der Waals surface area (Å²) in [6.07, 6.45) is 5.01. The van der Waals surface area contributed by atoms with Crippen LogP contribution >= 0.6 is 11.6 Å². The molecule has 2 spiro atoms. The van der Waals surface area contributed by atoms with E-state index in [9.17, 15) is 0 Å². The maximum Gasteiger partial charge on any atom is 0.220 e. The molecule has 1 unspecified atom stereocenters. The quantitative estimate of drug-likeness (QED) is 0.542. The van der Waals surface area contributed by atoms with Crippen molar-refractivity contribution in [1.82, 2.24) is 5.06 Å². The molecule has 3 aliphatic rings. The molecule has 0 radical (unpaired) electrons. The summed E-state index contributed by atoms with van der Waals surface area (Å²) in [4.78, 5) is 11.6. The van der Waals surface area contributed by atoms with Crippen LogP contribution in [0.2, 0.25) is 5.02 Å². The number of aryl methyl sites for hydroxylation is 2. The molecule has 2 aliphatic carbocycles. The molecule has 162 valence electrons. The first-order valence-corrected chi connectivity index (χ1v) is 11.6. The molecule has 0 aromatic heterocycles. The van der Waals surface area contributed by atoms with E-state index in [0.29, 0.717) is 5.96 Å². The van der Waals surface area contributed by atoms with Gasteiger partial charge < -0.3 is 5.73 Å². The third kappa shape index (κ3) is 2.83. The zero-order valence-electron chi connectivity index (χ0n) is 18.1. The van der Waals surface area contributed by atoms with Crippen molar-refractivity contribution in [3.8, 4) is 11.1 Å². The van der Waals surface area contributed by atoms with Crippen molar-refractivity contribution in [1.29, 1.82) is 0 Å². The molecule has 1 atom stereocenters. The fraction of sp³-hybridized carbons (Fsp3) is 0.296. The van der Waals surface area contributed by atoms with Gasteiger partial charge >= 0.3 is 0 Å². The van der Waals surface area contributed by atoms with Crippen molar-refractivity contribution < 1.29 is 4.84 Å². The van der Waals surface area contributed by atoms with Crippen molar-refractivity contribution in [2.24, 2.45) is 16.1 Å². The van der Waals surface area contributed by atoms with E-state index < -0.39 is 5.72 Å². The average molecular weight is 444 g/mol. The Balaban J connectivity index is 1.49. The number of rotatable bonds is 1. The highest BCUT2D eigenvalue weighted by atomic mass is 35.5. The molecule has 5 heteroatoms. The topological polar surface area (TPSA) is 50.8 Å². The number of guanidine groups is 1. The van der Waals surface area contributed by atoms with E-state index in [1.165, 1.54) is 16.7 Å². The second-order valence-corrected chi connectivity index (χ2v) is 9.75. The van der Waals surface area contributed by atoms with Gasteiger partial charge in [-0.15, -0.1) is 0 Å². The van der Waals surface area contributed by atoms with Crippen LogP contribution in [-0.2, 0) is 29.8 Å². The van der Waals surface area contributed by atoms with Crippen LogP contribution in [0.5, 0.6) is 0 Å². The van der Waals surface area contributed by atoms with Crippen molar-refractivity contribution in [3.05, 3.63) is 94.0 Å². The molecule has 32 heavy (non-hydrogen) atoms. The predicted octanol–water partition coefficient (Wildman–Crippen LogP) is 5.47. The largest absolute Gasteiger partial charge is 0.368 e. The molecule has 4 nitrogen and oxygen atoms in total. The van der Waals surface area contributed by atoms with Crippen LogP contribution in [-0.4, -0.2) is 18.1 Å². The van der Waals surface area contributed by atoms with Gasteiger partial charge in [0.25, 0.3) is 0 Å². The predicted molar refractivity (Wildman–Crippen MR) is 128 cm³/mol. The van der Waals surface area contributed by atoms with Gasteiger partial charge in [-0.2, -0.15) is 0 Å². The summed E-state index contributed by atoms with van der Waals surface area (Å²) in [5, 5.41) is 2.37. The Morgan fingerprint density at radius 3 is 2.28 bits per heavy atom. The Morgan fingerprint density at radius 2 is 1.62 bits per heavy atom. The van der Waals surface area contributed by atoms with E-state index >= 15 is 0 Å². The fourth-order valence-electron chi connectivity index (χ4n) is 5.92. The molecule has 0 amide bonds. The minimum absolute atomic E-state index is 0.142. The lowest BCUT2D eigenvalue weighted by Crippen LogP contribution is -2.43. The molecule has 1 heterocycles. The molecule has 0 saturated carbocycles. The standard InChI is InChI=1S/C27H26ClN3O/c1-31-25(29)30-27(32-31)24-16-21(20-7-4-8-23(28)15-20)9-10-22(24)17-26(27)13-11-18-5-2-3-6-19(18)12-14-26/h2-10,15-16H,11-14,17H2,1H3,(H2,29,30). The Morgan fingerprint density at radius 1 is 0.906 bits per heavy atom. The molecule has 2 N–H and O–H groups in total. The highest BCUT2D eigenvalue weighted by Crippen LogP contribution is 2.61. The van der Waals surface area contributed by atoms with Crippen LogP contribution in [0.25, 0.3) is 11.1 Å². The number of hydrogen-bond acceptors (Lipinski definition) is 4. The molecular weight excluding hydrogens is 418 g/mol. The van der Waals surface area contributed by atoms with Gasteiger partial charge in [-0.3, -0.25) is 0 Å². The van der Waals surface area contributed by atoms with Gasteiger partial charge in [0.2, 0.25) is 11.7 Å². The number of hydrogen-bond donors (Lipinski definition) is 1. The zero-order chi connectivity index (χ0) is 21.9. The Kier molecular flexibility index (Phi) is 4.40. The summed E-state index contributed by atoms with van der Waals surface area (Å²) in [5.74, 6) is 0.437. The average Bonchev–Trinajstić information content (AvgIpc) is 3.15. The number of aliphatic imine (C=N–C) groups is 1. The second-order valence-electron chi connectivity index (χ2n) is 9.31. The van der Waals surface area contributed by atoms with Gasteiger partial charge in [0.1, 0.15) is 0 Å². The number of nitrogens with two attached hydrogens (primary N) is 1. The number of halogens is 1. The van der Waals surface area contributed by atoms with Crippen molar-refractivity contribution >= 4 is 17.6 Å². The first-order chi connectivity index (χ1) is 15.5. The Hall–Kier alpha value is -2.82. The summed E-state index contributed by atoms with van der Waals surface area (Å²) in [6, 6.07) is 23.5. The number of fused-ring (bicyclic) bond motifs is 4.